The Labute approximate surface area is 119 Å². The van der Waals surface area contributed by atoms with Crippen molar-refractivity contribution in [2.45, 2.75) is 51.6 Å². The van der Waals surface area contributed by atoms with Crippen molar-refractivity contribution in [2.24, 2.45) is 5.73 Å². The fourth-order valence-electron chi connectivity index (χ4n) is 2.88. The van der Waals surface area contributed by atoms with Crippen LogP contribution in [0.4, 0.5) is 11.5 Å². The van der Waals surface area contributed by atoms with Crippen molar-refractivity contribution >= 4 is 11.5 Å². The van der Waals surface area contributed by atoms with Crippen molar-refractivity contribution in [1.82, 2.24) is 4.98 Å². The minimum atomic E-state index is -0.348. The highest BCUT2D eigenvalue weighted by atomic mass is 16.6. The Morgan fingerprint density at radius 3 is 2.60 bits per heavy atom. The van der Waals surface area contributed by atoms with Crippen LogP contribution in [0.1, 0.15) is 38.3 Å². The number of pyridine rings is 1. The van der Waals surface area contributed by atoms with Crippen molar-refractivity contribution in [3.63, 3.8) is 0 Å². The molecule has 110 valence electrons. The lowest BCUT2D eigenvalue weighted by Crippen LogP contribution is -2.41. The smallest absolute Gasteiger partial charge is 0.311 e. The molecule has 1 fully saturated rings. The third kappa shape index (κ3) is 3.07. The normalized spacial score (nSPS) is 22.6. The maximum atomic E-state index is 11.2. The second-order valence-electron chi connectivity index (χ2n) is 5.41. The van der Waals surface area contributed by atoms with Gasteiger partial charge in [-0.3, -0.25) is 10.1 Å². The summed E-state index contributed by atoms with van der Waals surface area (Å²) in [4.78, 5) is 17.3. The Balaban J connectivity index is 2.31. The second kappa shape index (κ2) is 6.17. The number of nitrogens with two attached hydrogens (primary N) is 1. The number of rotatable bonds is 4. The minimum absolute atomic E-state index is 0.0901. The zero-order valence-corrected chi connectivity index (χ0v) is 12.1. The first-order valence-corrected chi connectivity index (χ1v) is 7.17. The maximum Gasteiger partial charge on any atom is 0.311 e. The van der Waals surface area contributed by atoms with Crippen LogP contribution in [0.25, 0.3) is 0 Å². The average Bonchev–Trinajstić information content (AvgIpc) is 2.41. The summed E-state index contributed by atoms with van der Waals surface area (Å²) in [6.07, 6.45) is 3.89. The van der Waals surface area contributed by atoms with Gasteiger partial charge in [0.15, 0.2) is 0 Å². The summed E-state index contributed by atoms with van der Waals surface area (Å²) < 4.78 is 0. The van der Waals surface area contributed by atoms with Gasteiger partial charge in [0, 0.05) is 30.4 Å². The lowest BCUT2D eigenvalue weighted by Gasteiger charge is -2.36. The van der Waals surface area contributed by atoms with Gasteiger partial charge in [0.25, 0.3) is 0 Å². The molecule has 1 saturated carbocycles. The largest absolute Gasteiger partial charge is 0.348 e. The molecular weight excluding hydrogens is 256 g/mol. The Bertz CT molecular complexity index is 484. The fraction of sp³-hybridized carbons (Fsp3) is 0.643. The van der Waals surface area contributed by atoms with E-state index in [1.807, 2.05) is 13.8 Å². The molecule has 1 aliphatic rings. The molecule has 0 unspecified atom stereocenters. The lowest BCUT2D eigenvalue weighted by atomic mass is 9.90. The van der Waals surface area contributed by atoms with Gasteiger partial charge in [0.1, 0.15) is 0 Å². The number of aromatic nitrogens is 1. The molecule has 1 aromatic heterocycles. The van der Waals surface area contributed by atoms with Gasteiger partial charge in [-0.2, -0.15) is 0 Å². The molecule has 0 spiro atoms. The number of aryl methyl sites for hydroxylation is 1. The highest BCUT2D eigenvalue weighted by molar-refractivity contribution is 5.58. The molecule has 0 atom stereocenters. The van der Waals surface area contributed by atoms with Crippen molar-refractivity contribution < 1.29 is 4.92 Å². The van der Waals surface area contributed by atoms with Crippen LogP contribution in [0.2, 0.25) is 0 Å². The van der Waals surface area contributed by atoms with E-state index in [1.165, 1.54) is 0 Å². The number of hydrogen-bond donors (Lipinski definition) is 1. The molecule has 1 heterocycles. The predicted octanol–water partition coefficient (Wildman–Crippen LogP) is 2.39. The summed E-state index contributed by atoms with van der Waals surface area (Å²) in [6.45, 7) is 4.59. The van der Waals surface area contributed by atoms with Crippen LogP contribution in [-0.4, -0.2) is 28.5 Å². The molecular formula is C14H22N4O2. The zero-order chi connectivity index (χ0) is 14.7. The monoisotopic (exact) mass is 278 g/mol. The standard InChI is InChI=1S/C14H22N4O2/c1-3-17(12-7-5-11(15)6-8-12)14-13(18(19)20)9-4-10(2)16-14/h4,9,11-12H,3,5-8,15H2,1-2H3. The molecule has 1 aliphatic carbocycles. The first-order valence-electron chi connectivity index (χ1n) is 7.17. The van der Waals surface area contributed by atoms with Crippen LogP contribution >= 0.6 is 0 Å². The summed E-state index contributed by atoms with van der Waals surface area (Å²) in [5.74, 6) is 0.498. The molecule has 6 nitrogen and oxygen atoms in total. The minimum Gasteiger partial charge on any atom is -0.348 e. The summed E-state index contributed by atoms with van der Waals surface area (Å²) in [7, 11) is 0. The molecule has 2 rings (SSSR count). The van der Waals surface area contributed by atoms with Gasteiger partial charge in [-0.25, -0.2) is 4.98 Å². The Morgan fingerprint density at radius 1 is 1.40 bits per heavy atom. The third-order valence-electron chi connectivity index (χ3n) is 3.99. The van der Waals surface area contributed by atoms with E-state index in [0.717, 1.165) is 37.9 Å². The van der Waals surface area contributed by atoms with E-state index in [2.05, 4.69) is 9.88 Å². The van der Waals surface area contributed by atoms with E-state index in [4.69, 9.17) is 5.73 Å². The van der Waals surface area contributed by atoms with Gasteiger partial charge in [-0.05, 0) is 45.6 Å². The SMILES string of the molecule is CCN(c1nc(C)ccc1[N+](=O)[O-])C1CCC(N)CC1. The van der Waals surface area contributed by atoms with Crippen molar-refractivity contribution in [1.29, 1.82) is 0 Å². The molecule has 0 radical (unpaired) electrons. The molecule has 20 heavy (non-hydrogen) atoms. The van der Waals surface area contributed by atoms with Gasteiger partial charge in [-0.15, -0.1) is 0 Å². The molecule has 1 aromatic rings. The molecule has 0 amide bonds. The van der Waals surface area contributed by atoms with E-state index in [0.29, 0.717) is 11.9 Å². The summed E-state index contributed by atoms with van der Waals surface area (Å²) >= 11 is 0. The first kappa shape index (κ1) is 14.7. The molecule has 6 heteroatoms. The van der Waals surface area contributed by atoms with E-state index < -0.39 is 0 Å². The van der Waals surface area contributed by atoms with Crippen LogP contribution in [0.3, 0.4) is 0 Å². The molecule has 0 bridgehead atoms. The second-order valence-corrected chi connectivity index (χ2v) is 5.41. The quantitative estimate of drug-likeness (QED) is 0.675. The van der Waals surface area contributed by atoms with E-state index >= 15 is 0 Å². The van der Waals surface area contributed by atoms with E-state index in [-0.39, 0.29) is 16.7 Å². The van der Waals surface area contributed by atoms with E-state index in [1.54, 1.807) is 12.1 Å². The Hall–Kier alpha value is -1.69. The average molecular weight is 278 g/mol. The van der Waals surface area contributed by atoms with Crippen LogP contribution in [0.15, 0.2) is 12.1 Å². The molecule has 0 saturated heterocycles. The van der Waals surface area contributed by atoms with Gasteiger partial charge < -0.3 is 10.6 Å². The predicted molar refractivity (Wildman–Crippen MR) is 78.9 cm³/mol. The molecule has 0 aliphatic heterocycles. The van der Waals surface area contributed by atoms with Crippen molar-refractivity contribution in [3.8, 4) is 0 Å². The lowest BCUT2D eigenvalue weighted by molar-refractivity contribution is -0.384. The number of hydrogen-bond acceptors (Lipinski definition) is 5. The van der Waals surface area contributed by atoms with Gasteiger partial charge in [-0.1, -0.05) is 0 Å². The van der Waals surface area contributed by atoms with Crippen LogP contribution in [0.5, 0.6) is 0 Å². The zero-order valence-electron chi connectivity index (χ0n) is 12.1. The number of nitrogens with zero attached hydrogens (tertiary/aromatic N) is 3. The summed E-state index contributed by atoms with van der Waals surface area (Å²) in [5, 5.41) is 11.2. The Morgan fingerprint density at radius 2 is 2.05 bits per heavy atom. The number of nitro groups is 1. The van der Waals surface area contributed by atoms with Gasteiger partial charge >= 0.3 is 5.69 Å². The third-order valence-corrected chi connectivity index (χ3v) is 3.99. The van der Waals surface area contributed by atoms with Gasteiger partial charge in [0.2, 0.25) is 5.82 Å². The van der Waals surface area contributed by atoms with Crippen LogP contribution in [-0.2, 0) is 0 Å². The van der Waals surface area contributed by atoms with Crippen molar-refractivity contribution in [3.05, 3.63) is 27.9 Å². The number of anilines is 1. The van der Waals surface area contributed by atoms with Crippen molar-refractivity contribution in [2.75, 3.05) is 11.4 Å². The fourth-order valence-corrected chi connectivity index (χ4v) is 2.88. The topological polar surface area (TPSA) is 85.3 Å². The maximum absolute atomic E-state index is 11.2. The highest BCUT2D eigenvalue weighted by Gasteiger charge is 2.29. The summed E-state index contributed by atoms with van der Waals surface area (Å²) in [6, 6.07) is 3.81. The van der Waals surface area contributed by atoms with Crippen LogP contribution in [0, 0.1) is 17.0 Å². The van der Waals surface area contributed by atoms with Crippen LogP contribution < -0.4 is 10.6 Å². The Kier molecular flexibility index (Phi) is 4.54. The van der Waals surface area contributed by atoms with E-state index in [9.17, 15) is 10.1 Å². The molecule has 0 aromatic carbocycles. The highest BCUT2D eigenvalue weighted by Crippen LogP contribution is 2.31. The summed E-state index contributed by atoms with van der Waals surface area (Å²) in [5.41, 5.74) is 6.83. The molecule has 2 N–H and O–H groups in total. The van der Waals surface area contributed by atoms with Gasteiger partial charge in [0.05, 0.1) is 4.92 Å². The first-order chi connectivity index (χ1) is 9.52.